The Morgan fingerprint density at radius 2 is 2.00 bits per heavy atom. The average Bonchev–Trinajstić information content (AvgIpc) is 2.44. The number of benzene rings is 1. The largest absolute Gasteiger partial charge is 0.493 e. The van der Waals surface area contributed by atoms with E-state index in [1.807, 2.05) is 6.07 Å². The summed E-state index contributed by atoms with van der Waals surface area (Å²) in [4.78, 5) is 2.48. The first kappa shape index (κ1) is 13.7. The normalized spacial score (nSPS) is 20.4. The zero-order chi connectivity index (χ0) is 13.8. The summed E-state index contributed by atoms with van der Waals surface area (Å²) in [7, 11) is 1.71. The van der Waals surface area contributed by atoms with E-state index in [4.69, 9.17) is 9.47 Å². The van der Waals surface area contributed by atoms with Crippen LogP contribution in [0.3, 0.4) is 0 Å². The van der Waals surface area contributed by atoms with Gasteiger partial charge in [0, 0.05) is 32.7 Å². The molecule has 0 bridgehead atoms. The molecule has 0 aromatic heterocycles. The summed E-state index contributed by atoms with van der Waals surface area (Å²) in [6.45, 7) is 5.39. The number of hydrogen-bond donors (Lipinski definition) is 1. The van der Waals surface area contributed by atoms with Crippen molar-refractivity contribution in [3.8, 4) is 11.5 Å². The van der Waals surface area contributed by atoms with Crippen molar-refractivity contribution >= 4 is 0 Å². The van der Waals surface area contributed by atoms with Gasteiger partial charge < -0.3 is 14.8 Å². The highest BCUT2D eigenvalue weighted by molar-refractivity contribution is 5.43. The molecule has 1 N–H and O–H groups in total. The van der Waals surface area contributed by atoms with Crippen LogP contribution in [0.1, 0.15) is 24.8 Å². The van der Waals surface area contributed by atoms with E-state index in [0.29, 0.717) is 6.10 Å². The van der Waals surface area contributed by atoms with Gasteiger partial charge in [-0.3, -0.25) is 4.90 Å². The van der Waals surface area contributed by atoms with E-state index in [2.05, 4.69) is 22.3 Å². The second-order valence-corrected chi connectivity index (χ2v) is 5.68. The maximum atomic E-state index is 6.05. The van der Waals surface area contributed by atoms with Crippen LogP contribution in [0.15, 0.2) is 18.2 Å². The van der Waals surface area contributed by atoms with Gasteiger partial charge in [0.1, 0.15) is 0 Å². The number of ether oxygens (including phenoxy) is 2. The maximum absolute atomic E-state index is 6.05. The van der Waals surface area contributed by atoms with Gasteiger partial charge in [-0.2, -0.15) is 0 Å². The lowest BCUT2D eigenvalue weighted by atomic mass is 9.96. The molecule has 20 heavy (non-hydrogen) atoms. The van der Waals surface area contributed by atoms with E-state index in [-0.39, 0.29) is 0 Å². The summed E-state index contributed by atoms with van der Waals surface area (Å²) in [6.07, 6.45) is 4.02. The van der Waals surface area contributed by atoms with E-state index in [1.165, 1.54) is 24.8 Å². The van der Waals surface area contributed by atoms with Crippen molar-refractivity contribution in [1.29, 1.82) is 0 Å². The molecule has 2 aliphatic rings. The molecule has 1 heterocycles. The topological polar surface area (TPSA) is 33.7 Å². The molecule has 1 aromatic rings. The van der Waals surface area contributed by atoms with Crippen LogP contribution < -0.4 is 14.8 Å². The fraction of sp³-hybridized carbons (Fsp3) is 0.625. The molecule has 4 nitrogen and oxygen atoms in total. The predicted molar refractivity (Wildman–Crippen MR) is 79.4 cm³/mol. The van der Waals surface area contributed by atoms with Gasteiger partial charge in [0.05, 0.1) is 13.2 Å². The molecule has 0 spiro atoms. The second-order valence-electron chi connectivity index (χ2n) is 5.68. The van der Waals surface area contributed by atoms with Gasteiger partial charge in [0.2, 0.25) is 0 Å². The fourth-order valence-electron chi connectivity index (χ4n) is 2.71. The van der Waals surface area contributed by atoms with Gasteiger partial charge in [-0.25, -0.2) is 0 Å². The molecule has 1 aliphatic carbocycles. The predicted octanol–water partition coefficient (Wildman–Crippen LogP) is 2.03. The van der Waals surface area contributed by atoms with Crippen LogP contribution in [0.2, 0.25) is 0 Å². The second kappa shape index (κ2) is 6.46. The van der Waals surface area contributed by atoms with Crippen LogP contribution >= 0.6 is 0 Å². The maximum Gasteiger partial charge on any atom is 0.161 e. The molecule has 2 fully saturated rings. The minimum atomic E-state index is 0.387. The molecular formula is C16H24N2O2. The molecule has 1 aliphatic heterocycles. The number of methoxy groups -OCH3 is 1. The molecule has 1 aromatic carbocycles. The van der Waals surface area contributed by atoms with Gasteiger partial charge >= 0.3 is 0 Å². The monoisotopic (exact) mass is 276 g/mol. The zero-order valence-electron chi connectivity index (χ0n) is 12.2. The Balaban J connectivity index is 1.68. The summed E-state index contributed by atoms with van der Waals surface area (Å²) in [5.74, 6) is 1.76. The fourth-order valence-corrected chi connectivity index (χ4v) is 2.71. The summed E-state index contributed by atoms with van der Waals surface area (Å²) >= 11 is 0. The van der Waals surface area contributed by atoms with E-state index in [9.17, 15) is 0 Å². The molecule has 0 unspecified atom stereocenters. The van der Waals surface area contributed by atoms with Gasteiger partial charge in [-0.05, 0) is 37.0 Å². The number of nitrogens with one attached hydrogen (secondary N) is 1. The van der Waals surface area contributed by atoms with Crippen molar-refractivity contribution in [2.75, 3.05) is 33.3 Å². The standard InChI is InChI=1S/C16H24N2O2/c1-19-15-6-5-13(12-18-9-7-17-8-10-18)11-16(15)20-14-3-2-4-14/h5-6,11,14,17H,2-4,7-10,12H2,1H3. The van der Waals surface area contributed by atoms with Crippen molar-refractivity contribution < 1.29 is 9.47 Å². The summed E-state index contributed by atoms with van der Waals surface area (Å²) < 4.78 is 11.5. The van der Waals surface area contributed by atoms with E-state index < -0.39 is 0 Å². The number of nitrogens with zero attached hydrogens (tertiary/aromatic N) is 1. The Morgan fingerprint density at radius 3 is 2.65 bits per heavy atom. The Kier molecular flexibility index (Phi) is 4.43. The molecule has 1 saturated carbocycles. The third kappa shape index (κ3) is 3.25. The molecule has 0 amide bonds. The number of rotatable bonds is 5. The molecule has 3 rings (SSSR count). The number of hydrogen-bond acceptors (Lipinski definition) is 4. The summed E-state index contributed by atoms with van der Waals surface area (Å²) in [5.41, 5.74) is 1.31. The molecule has 110 valence electrons. The third-order valence-corrected chi connectivity index (χ3v) is 4.19. The van der Waals surface area contributed by atoms with Crippen LogP contribution in [0.4, 0.5) is 0 Å². The number of piperazine rings is 1. The lowest BCUT2D eigenvalue weighted by Crippen LogP contribution is -2.42. The minimum Gasteiger partial charge on any atom is -0.493 e. The van der Waals surface area contributed by atoms with Gasteiger partial charge in [0.15, 0.2) is 11.5 Å². The molecule has 1 saturated heterocycles. The Labute approximate surface area is 121 Å². The minimum absolute atomic E-state index is 0.387. The van der Waals surface area contributed by atoms with Crippen LogP contribution in [0, 0.1) is 0 Å². The Hall–Kier alpha value is -1.26. The highest BCUT2D eigenvalue weighted by Crippen LogP contribution is 2.33. The molecule has 0 atom stereocenters. The van der Waals surface area contributed by atoms with Crippen molar-refractivity contribution in [3.63, 3.8) is 0 Å². The van der Waals surface area contributed by atoms with Crippen LogP contribution in [0.5, 0.6) is 11.5 Å². The van der Waals surface area contributed by atoms with Crippen molar-refractivity contribution in [3.05, 3.63) is 23.8 Å². The van der Waals surface area contributed by atoms with Crippen LogP contribution in [-0.4, -0.2) is 44.3 Å². The molecular weight excluding hydrogens is 252 g/mol. The van der Waals surface area contributed by atoms with Gasteiger partial charge in [-0.1, -0.05) is 6.07 Å². The average molecular weight is 276 g/mol. The van der Waals surface area contributed by atoms with Crippen molar-refractivity contribution in [2.45, 2.75) is 31.9 Å². The lowest BCUT2D eigenvalue weighted by molar-refractivity contribution is 0.116. The quantitative estimate of drug-likeness (QED) is 0.892. The Morgan fingerprint density at radius 1 is 1.20 bits per heavy atom. The lowest BCUT2D eigenvalue weighted by Gasteiger charge is -2.29. The van der Waals surface area contributed by atoms with Crippen molar-refractivity contribution in [2.24, 2.45) is 0 Å². The van der Waals surface area contributed by atoms with Crippen molar-refractivity contribution in [1.82, 2.24) is 10.2 Å². The van der Waals surface area contributed by atoms with E-state index in [0.717, 1.165) is 44.2 Å². The highest BCUT2D eigenvalue weighted by Gasteiger charge is 2.21. The first-order valence-electron chi connectivity index (χ1n) is 7.62. The smallest absolute Gasteiger partial charge is 0.161 e. The SMILES string of the molecule is COc1ccc(CN2CCNCC2)cc1OC1CCC1. The van der Waals surface area contributed by atoms with Gasteiger partial charge in [-0.15, -0.1) is 0 Å². The summed E-state index contributed by atoms with van der Waals surface area (Å²) in [6, 6.07) is 6.33. The first-order valence-corrected chi connectivity index (χ1v) is 7.62. The molecule has 4 heteroatoms. The third-order valence-electron chi connectivity index (χ3n) is 4.19. The summed E-state index contributed by atoms with van der Waals surface area (Å²) in [5, 5.41) is 3.39. The first-order chi connectivity index (χ1) is 9.85. The Bertz CT molecular complexity index is 440. The van der Waals surface area contributed by atoms with Gasteiger partial charge in [0.25, 0.3) is 0 Å². The molecule has 0 radical (unpaired) electrons. The van der Waals surface area contributed by atoms with Crippen LogP contribution in [-0.2, 0) is 6.54 Å². The van der Waals surface area contributed by atoms with E-state index in [1.54, 1.807) is 7.11 Å². The van der Waals surface area contributed by atoms with E-state index >= 15 is 0 Å². The van der Waals surface area contributed by atoms with Crippen LogP contribution in [0.25, 0.3) is 0 Å². The zero-order valence-corrected chi connectivity index (χ0v) is 12.2. The highest BCUT2D eigenvalue weighted by atomic mass is 16.5.